The van der Waals surface area contributed by atoms with Crippen molar-refractivity contribution >= 4 is 22.4 Å². The topological polar surface area (TPSA) is 9.23 Å². The summed E-state index contributed by atoms with van der Waals surface area (Å²) in [5.41, 5.74) is 1.61. The molecule has 0 unspecified atom stereocenters. The van der Waals surface area contributed by atoms with Gasteiger partial charge < -0.3 is 4.74 Å². The SMILES string of the molecule is CCCCCCCOc1cc(F)c(CCc2ccc3c(F)c(CCc4cc(F)c(Cl)c(F)c4)ccc3c2)c(F)c1. The van der Waals surface area contributed by atoms with E-state index < -0.39 is 34.1 Å². The molecular formula is C33H32ClF5O. The van der Waals surface area contributed by atoms with Crippen LogP contribution in [0, 0.1) is 29.1 Å². The summed E-state index contributed by atoms with van der Waals surface area (Å²) in [6.07, 6.45) is 6.33. The largest absolute Gasteiger partial charge is 0.493 e. The van der Waals surface area contributed by atoms with Crippen LogP contribution in [0.15, 0.2) is 54.6 Å². The first kappa shape index (κ1) is 29.9. The second-order valence-electron chi connectivity index (χ2n) is 10.1. The van der Waals surface area contributed by atoms with E-state index in [0.717, 1.165) is 43.4 Å². The van der Waals surface area contributed by atoms with Crippen LogP contribution in [-0.4, -0.2) is 6.61 Å². The predicted octanol–water partition coefficient (Wildman–Crippen LogP) is 10.1. The molecule has 0 heterocycles. The molecule has 4 rings (SSSR count). The van der Waals surface area contributed by atoms with Gasteiger partial charge in [-0.3, -0.25) is 0 Å². The number of unbranched alkanes of at least 4 members (excludes halogenated alkanes) is 4. The van der Waals surface area contributed by atoms with Crippen molar-refractivity contribution < 1.29 is 26.7 Å². The fourth-order valence-electron chi connectivity index (χ4n) is 4.83. The molecule has 0 aliphatic heterocycles. The van der Waals surface area contributed by atoms with E-state index in [2.05, 4.69) is 6.92 Å². The minimum atomic E-state index is -0.847. The molecule has 0 spiro atoms. The minimum absolute atomic E-state index is 0.00741. The minimum Gasteiger partial charge on any atom is -0.493 e. The third-order valence-corrected chi connectivity index (χ3v) is 7.48. The summed E-state index contributed by atoms with van der Waals surface area (Å²) in [7, 11) is 0. The lowest BCUT2D eigenvalue weighted by molar-refractivity contribution is 0.301. The molecular weight excluding hydrogens is 543 g/mol. The van der Waals surface area contributed by atoms with Crippen LogP contribution in [0.1, 0.15) is 61.3 Å². The molecule has 0 amide bonds. The Morgan fingerprint density at radius 2 is 1.32 bits per heavy atom. The van der Waals surface area contributed by atoms with Gasteiger partial charge in [0.1, 0.15) is 39.9 Å². The predicted molar refractivity (Wildman–Crippen MR) is 151 cm³/mol. The molecule has 212 valence electrons. The molecule has 40 heavy (non-hydrogen) atoms. The fourth-order valence-corrected chi connectivity index (χ4v) is 4.94. The molecule has 0 bridgehead atoms. The number of hydrogen-bond donors (Lipinski definition) is 0. The van der Waals surface area contributed by atoms with Gasteiger partial charge in [0, 0.05) is 23.1 Å². The molecule has 0 aliphatic carbocycles. The van der Waals surface area contributed by atoms with Crippen LogP contribution in [0.4, 0.5) is 22.0 Å². The monoisotopic (exact) mass is 574 g/mol. The first-order valence-corrected chi connectivity index (χ1v) is 14.1. The Morgan fingerprint density at radius 3 is 2.02 bits per heavy atom. The average molecular weight is 575 g/mol. The Kier molecular flexibility index (Phi) is 10.4. The van der Waals surface area contributed by atoms with Gasteiger partial charge in [0.05, 0.1) is 6.61 Å². The normalized spacial score (nSPS) is 11.4. The number of aryl methyl sites for hydroxylation is 3. The highest BCUT2D eigenvalue weighted by Crippen LogP contribution is 2.27. The van der Waals surface area contributed by atoms with Crippen molar-refractivity contribution in [2.24, 2.45) is 0 Å². The molecule has 0 fully saturated rings. The summed E-state index contributed by atoms with van der Waals surface area (Å²) in [6.45, 7) is 2.57. The lowest BCUT2D eigenvalue weighted by Gasteiger charge is -2.11. The summed E-state index contributed by atoms with van der Waals surface area (Å²) < 4.78 is 77.5. The van der Waals surface area contributed by atoms with Gasteiger partial charge in [-0.25, -0.2) is 22.0 Å². The van der Waals surface area contributed by atoms with E-state index in [0.29, 0.717) is 34.9 Å². The number of halogens is 6. The third-order valence-electron chi connectivity index (χ3n) is 7.12. The summed E-state index contributed by atoms with van der Waals surface area (Å²) >= 11 is 5.53. The van der Waals surface area contributed by atoms with Crippen molar-refractivity contribution in [2.45, 2.75) is 64.7 Å². The lowest BCUT2D eigenvalue weighted by atomic mass is 9.97. The summed E-state index contributed by atoms with van der Waals surface area (Å²) in [5, 5.41) is 0.505. The summed E-state index contributed by atoms with van der Waals surface area (Å²) in [5.74, 6) is -3.19. The highest BCUT2D eigenvalue weighted by Gasteiger charge is 2.14. The standard InChI is InChI=1S/C33H32ClF5O/c1-2-3-4-5-6-15-40-25-19-28(35)27(29(36)20-25)14-9-21-8-13-26-24(16-21)12-11-23(33(26)39)10-7-22-17-30(37)32(34)31(38)18-22/h8,11-13,16-20H,2-7,9-10,14-15H2,1H3. The number of benzene rings is 4. The first-order chi connectivity index (χ1) is 19.3. The van der Waals surface area contributed by atoms with Crippen molar-refractivity contribution in [1.29, 1.82) is 0 Å². The Bertz CT molecular complexity index is 1420. The van der Waals surface area contributed by atoms with Crippen LogP contribution >= 0.6 is 11.6 Å². The van der Waals surface area contributed by atoms with Gasteiger partial charge in [0.2, 0.25) is 0 Å². The highest BCUT2D eigenvalue weighted by atomic mass is 35.5. The van der Waals surface area contributed by atoms with E-state index in [9.17, 15) is 17.6 Å². The molecule has 0 saturated carbocycles. The van der Waals surface area contributed by atoms with Gasteiger partial charge in [-0.2, -0.15) is 0 Å². The van der Waals surface area contributed by atoms with E-state index in [4.69, 9.17) is 16.3 Å². The Labute approximate surface area is 236 Å². The maximum Gasteiger partial charge on any atom is 0.145 e. The van der Waals surface area contributed by atoms with Crippen LogP contribution < -0.4 is 4.74 Å². The Hall–Kier alpha value is -3.12. The summed E-state index contributed by atoms with van der Waals surface area (Å²) in [4.78, 5) is 0. The number of hydrogen-bond acceptors (Lipinski definition) is 1. The Morgan fingerprint density at radius 1 is 0.650 bits per heavy atom. The van der Waals surface area contributed by atoms with Crippen molar-refractivity contribution in [3.8, 4) is 5.75 Å². The second-order valence-corrected chi connectivity index (χ2v) is 10.5. The van der Waals surface area contributed by atoms with Crippen LogP contribution in [0.2, 0.25) is 5.02 Å². The molecule has 0 atom stereocenters. The zero-order chi connectivity index (χ0) is 28.6. The molecule has 0 radical (unpaired) electrons. The van der Waals surface area contributed by atoms with Crippen molar-refractivity contribution in [3.63, 3.8) is 0 Å². The fraction of sp³-hybridized carbons (Fsp3) is 0.333. The molecule has 0 saturated heterocycles. The van der Waals surface area contributed by atoms with Crippen LogP contribution in [0.25, 0.3) is 10.8 Å². The highest BCUT2D eigenvalue weighted by molar-refractivity contribution is 6.30. The molecule has 0 aromatic heterocycles. The van der Waals surface area contributed by atoms with Crippen LogP contribution in [0.3, 0.4) is 0 Å². The Balaban J connectivity index is 1.37. The maximum absolute atomic E-state index is 15.2. The van der Waals surface area contributed by atoms with Crippen molar-refractivity contribution in [1.82, 2.24) is 0 Å². The molecule has 0 N–H and O–H groups in total. The van der Waals surface area contributed by atoms with Gasteiger partial charge in [0.15, 0.2) is 0 Å². The van der Waals surface area contributed by atoms with E-state index in [1.54, 1.807) is 30.3 Å². The zero-order valence-electron chi connectivity index (χ0n) is 22.4. The van der Waals surface area contributed by atoms with E-state index in [-0.39, 0.29) is 30.6 Å². The smallest absolute Gasteiger partial charge is 0.145 e. The van der Waals surface area contributed by atoms with E-state index in [1.165, 1.54) is 18.6 Å². The van der Waals surface area contributed by atoms with Crippen molar-refractivity contribution in [2.75, 3.05) is 6.61 Å². The van der Waals surface area contributed by atoms with Gasteiger partial charge in [0.25, 0.3) is 0 Å². The van der Waals surface area contributed by atoms with E-state index >= 15 is 4.39 Å². The molecule has 4 aromatic rings. The third kappa shape index (κ3) is 7.54. The number of rotatable bonds is 13. The van der Waals surface area contributed by atoms with Crippen LogP contribution in [0.5, 0.6) is 5.75 Å². The lowest BCUT2D eigenvalue weighted by Crippen LogP contribution is -2.03. The molecule has 1 nitrogen and oxygen atoms in total. The van der Waals surface area contributed by atoms with Gasteiger partial charge in [-0.1, -0.05) is 74.5 Å². The molecule has 4 aromatic carbocycles. The maximum atomic E-state index is 15.2. The van der Waals surface area contributed by atoms with Gasteiger partial charge >= 0.3 is 0 Å². The zero-order valence-corrected chi connectivity index (χ0v) is 23.2. The first-order valence-electron chi connectivity index (χ1n) is 13.7. The van der Waals surface area contributed by atoms with Gasteiger partial charge in [-0.15, -0.1) is 0 Å². The molecule has 7 heteroatoms. The van der Waals surface area contributed by atoms with E-state index in [1.807, 2.05) is 0 Å². The van der Waals surface area contributed by atoms with Crippen LogP contribution in [-0.2, 0) is 25.7 Å². The number of ether oxygens (including phenoxy) is 1. The average Bonchev–Trinajstić information content (AvgIpc) is 2.92. The summed E-state index contributed by atoms with van der Waals surface area (Å²) in [6, 6.07) is 13.4. The van der Waals surface area contributed by atoms with Crippen molar-refractivity contribution in [3.05, 3.63) is 111 Å². The molecule has 0 aliphatic rings. The number of fused-ring (bicyclic) bond motifs is 1. The second kappa shape index (κ2) is 14.0. The quantitative estimate of drug-likeness (QED) is 0.0877. The van der Waals surface area contributed by atoms with Gasteiger partial charge in [-0.05, 0) is 66.3 Å².